The Morgan fingerprint density at radius 1 is 0.923 bits per heavy atom. The summed E-state index contributed by atoms with van der Waals surface area (Å²) < 4.78 is 0. The van der Waals surface area contributed by atoms with Crippen LogP contribution in [0.2, 0.25) is 0 Å². The second-order valence-electron chi connectivity index (χ2n) is 7.93. The summed E-state index contributed by atoms with van der Waals surface area (Å²) in [6.07, 6.45) is 16.0. The van der Waals surface area contributed by atoms with E-state index in [1.807, 2.05) is 18.7 Å². The van der Waals surface area contributed by atoms with Gasteiger partial charge >= 0.3 is 0 Å². The van der Waals surface area contributed by atoms with Crippen molar-refractivity contribution in [3.8, 4) is 0 Å². The number of thioether (sulfide) groups is 1. The van der Waals surface area contributed by atoms with E-state index >= 15 is 0 Å². The van der Waals surface area contributed by atoms with E-state index in [0.29, 0.717) is 5.92 Å². The molecular weight excluding hydrogens is 340 g/mol. The summed E-state index contributed by atoms with van der Waals surface area (Å²) in [5.41, 5.74) is 5.61. The van der Waals surface area contributed by atoms with Gasteiger partial charge in [-0.2, -0.15) is 11.8 Å². The Bertz CT molecular complexity index is 313. The van der Waals surface area contributed by atoms with Crippen molar-refractivity contribution < 1.29 is 4.79 Å². The fraction of sp³-hybridized carbons (Fsp3) is 0.955. The number of unbranched alkanes of at least 4 members (excludes halogenated alkanes) is 9. The molecule has 0 fully saturated rings. The van der Waals surface area contributed by atoms with Crippen molar-refractivity contribution in [3.05, 3.63) is 0 Å². The van der Waals surface area contributed by atoms with Crippen LogP contribution in [-0.2, 0) is 4.79 Å². The second-order valence-corrected chi connectivity index (χ2v) is 9.08. The quantitative estimate of drug-likeness (QED) is 0.277. The first-order valence-corrected chi connectivity index (χ1v) is 12.3. The van der Waals surface area contributed by atoms with Gasteiger partial charge < -0.3 is 11.1 Å². The van der Waals surface area contributed by atoms with E-state index in [-0.39, 0.29) is 11.8 Å². The normalized spacial score (nSPS) is 13.5. The average molecular weight is 387 g/mol. The van der Waals surface area contributed by atoms with E-state index < -0.39 is 0 Å². The third kappa shape index (κ3) is 17.2. The van der Waals surface area contributed by atoms with Gasteiger partial charge in [-0.3, -0.25) is 4.79 Å². The first kappa shape index (κ1) is 25.8. The summed E-state index contributed by atoms with van der Waals surface area (Å²) in [5, 5.41) is 3.06. The van der Waals surface area contributed by atoms with Crippen LogP contribution in [0.25, 0.3) is 0 Å². The molecule has 2 atom stereocenters. The predicted molar refractivity (Wildman–Crippen MR) is 119 cm³/mol. The highest BCUT2D eigenvalue weighted by Gasteiger charge is 2.12. The minimum absolute atomic E-state index is 0.120. The Balaban J connectivity index is 3.34. The summed E-state index contributed by atoms with van der Waals surface area (Å²) in [6.45, 7) is 8.01. The molecule has 156 valence electrons. The number of nitrogens with two attached hydrogens (primary N) is 1. The summed E-state index contributed by atoms with van der Waals surface area (Å²) >= 11 is 1.94. The lowest BCUT2D eigenvalue weighted by atomic mass is 10.1. The van der Waals surface area contributed by atoms with Crippen LogP contribution in [0.1, 0.15) is 97.8 Å². The van der Waals surface area contributed by atoms with Gasteiger partial charge in [0.05, 0.1) is 0 Å². The smallest absolute Gasteiger partial charge is 0.223 e. The summed E-state index contributed by atoms with van der Waals surface area (Å²) in [4.78, 5) is 12.0. The van der Waals surface area contributed by atoms with Crippen LogP contribution in [0.5, 0.6) is 0 Å². The highest BCUT2D eigenvalue weighted by atomic mass is 32.2. The maximum absolute atomic E-state index is 12.0. The van der Waals surface area contributed by atoms with Crippen LogP contribution in [0, 0.1) is 11.8 Å². The first-order valence-electron chi connectivity index (χ1n) is 11.2. The van der Waals surface area contributed by atoms with Gasteiger partial charge in [0, 0.05) is 18.2 Å². The van der Waals surface area contributed by atoms with Crippen LogP contribution < -0.4 is 11.1 Å². The molecule has 0 heterocycles. The van der Waals surface area contributed by atoms with Gasteiger partial charge in [0.1, 0.15) is 0 Å². The van der Waals surface area contributed by atoms with Gasteiger partial charge in [0.25, 0.3) is 0 Å². The van der Waals surface area contributed by atoms with Crippen molar-refractivity contribution in [1.82, 2.24) is 5.32 Å². The first-order chi connectivity index (χ1) is 12.6. The predicted octanol–water partition coefficient (Wildman–Crippen LogP) is 5.77. The number of amides is 1. The zero-order valence-electron chi connectivity index (χ0n) is 17.9. The van der Waals surface area contributed by atoms with Crippen molar-refractivity contribution in [2.75, 3.05) is 24.6 Å². The fourth-order valence-electron chi connectivity index (χ4n) is 2.98. The van der Waals surface area contributed by atoms with Gasteiger partial charge in [0.2, 0.25) is 5.91 Å². The van der Waals surface area contributed by atoms with Crippen LogP contribution in [0.4, 0.5) is 0 Å². The highest BCUT2D eigenvalue weighted by molar-refractivity contribution is 7.99. The van der Waals surface area contributed by atoms with E-state index in [2.05, 4.69) is 19.2 Å². The van der Waals surface area contributed by atoms with Gasteiger partial charge in [-0.25, -0.2) is 0 Å². The molecule has 0 spiro atoms. The zero-order chi connectivity index (χ0) is 19.5. The van der Waals surface area contributed by atoms with Gasteiger partial charge in [0.15, 0.2) is 0 Å². The molecule has 2 unspecified atom stereocenters. The highest BCUT2D eigenvalue weighted by Crippen LogP contribution is 2.14. The number of hydrogen-bond acceptors (Lipinski definition) is 3. The van der Waals surface area contributed by atoms with E-state index in [1.165, 1.54) is 70.0 Å². The molecular formula is C22H46N2OS. The average Bonchev–Trinajstić information content (AvgIpc) is 2.65. The van der Waals surface area contributed by atoms with Crippen molar-refractivity contribution in [1.29, 1.82) is 0 Å². The Labute approximate surface area is 168 Å². The van der Waals surface area contributed by atoms with Crippen LogP contribution in [0.3, 0.4) is 0 Å². The Morgan fingerprint density at radius 2 is 1.50 bits per heavy atom. The molecule has 0 aliphatic carbocycles. The number of nitrogens with one attached hydrogen (secondary N) is 1. The van der Waals surface area contributed by atoms with Gasteiger partial charge in [-0.1, -0.05) is 78.6 Å². The topological polar surface area (TPSA) is 55.1 Å². The molecule has 1 amide bonds. The molecule has 0 aliphatic rings. The molecule has 26 heavy (non-hydrogen) atoms. The summed E-state index contributed by atoms with van der Waals surface area (Å²) in [5.74, 6) is 3.03. The third-order valence-corrected chi connectivity index (χ3v) is 6.35. The molecule has 0 bridgehead atoms. The zero-order valence-corrected chi connectivity index (χ0v) is 18.7. The van der Waals surface area contributed by atoms with E-state index in [0.717, 1.165) is 31.7 Å². The van der Waals surface area contributed by atoms with Crippen LogP contribution >= 0.6 is 11.8 Å². The number of hydrogen-bond donors (Lipinski definition) is 2. The monoisotopic (exact) mass is 386 g/mol. The molecule has 3 N–H and O–H groups in total. The molecule has 0 aromatic carbocycles. The van der Waals surface area contributed by atoms with Crippen molar-refractivity contribution in [2.45, 2.75) is 97.8 Å². The molecule has 0 rings (SSSR count). The molecule has 3 nitrogen and oxygen atoms in total. The molecule has 4 heteroatoms. The molecule has 0 aliphatic heterocycles. The minimum atomic E-state index is 0.120. The maximum atomic E-state index is 12.0. The van der Waals surface area contributed by atoms with Gasteiger partial charge in [-0.15, -0.1) is 0 Å². The van der Waals surface area contributed by atoms with Crippen molar-refractivity contribution in [2.24, 2.45) is 17.6 Å². The lowest BCUT2D eigenvalue weighted by molar-refractivity contribution is -0.123. The number of carbonyl (C=O) groups is 1. The van der Waals surface area contributed by atoms with Gasteiger partial charge in [-0.05, 0) is 37.5 Å². The Hall–Kier alpha value is -0.220. The Morgan fingerprint density at radius 3 is 2.08 bits per heavy atom. The lowest BCUT2D eigenvalue weighted by Crippen LogP contribution is -2.31. The molecule has 0 radical (unpaired) electrons. The maximum Gasteiger partial charge on any atom is 0.223 e. The lowest BCUT2D eigenvalue weighted by Gasteiger charge is -2.13. The molecule has 0 aromatic rings. The van der Waals surface area contributed by atoms with E-state index in [9.17, 15) is 4.79 Å². The standard InChI is InChI=1S/C22H46N2OS/c1-4-5-6-7-8-9-10-11-12-13-17-26-19-21(3)22(25)24-16-14-15-20(2)18-23/h20-21H,4-19,23H2,1-3H3,(H,24,25). The molecule has 0 aromatic heterocycles. The summed E-state index contributed by atoms with van der Waals surface area (Å²) in [7, 11) is 0. The summed E-state index contributed by atoms with van der Waals surface area (Å²) in [6, 6.07) is 0. The minimum Gasteiger partial charge on any atom is -0.356 e. The molecule has 0 saturated carbocycles. The molecule has 0 saturated heterocycles. The fourth-order valence-corrected chi connectivity index (χ4v) is 4.06. The second kappa shape index (κ2) is 19.5. The van der Waals surface area contributed by atoms with E-state index in [4.69, 9.17) is 5.73 Å². The van der Waals surface area contributed by atoms with E-state index in [1.54, 1.807) is 0 Å². The number of carbonyl (C=O) groups excluding carboxylic acids is 1. The van der Waals surface area contributed by atoms with Crippen molar-refractivity contribution >= 4 is 17.7 Å². The van der Waals surface area contributed by atoms with Crippen LogP contribution in [-0.4, -0.2) is 30.5 Å². The SMILES string of the molecule is CCCCCCCCCCCCSCC(C)C(=O)NCCCC(C)CN. The largest absolute Gasteiger partial charge is 0.356 e. The van der Waals surface area contributed by atoms with Crippen LogP contribution in [0.15, 0.2) is 0 Å². The third-order valence-electron chi connectivity index (χ3n) is 5.03. The number of rotatable bonds is 19. The van der Waals surface area contributed by atoms with Crippen molar-refractivity contribution in [3.63, 3.8) is 0 Å². The Kier molecular flexibility index (Phi) is 19.4.